The van der Waals surface area contributed by atoms with Crippen LogP contribution in [0.5, 0.6) is 5.75 Å². The molecule has 2 atom stereocenters. The molecule has 0 aliphatic heterocycles. The predicted molar refractivity (Wildman–Crippen MR) is 130 cm³/mol. The van der Waals surface area contributed by atoms with Gasteiger partial charge < -0.3 is 9.84 Å². The summed E-state index contributed by atoms with van der Waals surface area (Å²) < 4.78 is 5.45. The number of carboxylic acids is 1. The molecular weight excluding hydrogens is 424 g/mol. The van der Waals surface area contributed by atoms with E-state index in [9.17, 15) is 9.59 Å². The number of hydrogen-bond donors (Lipinski definition) is 1. The number of carbonyl (C=O) groups is 2. The summed E-state index contributed by atoms with van der Waals surface area (Å²) in [5.41, 5.74) is 3.27. The van der Waals surface area contributed by atoms with E-state index in [4.69, 9.17) is 21.4 Å². The number of alkyl halides is 1. The molecule has 32 heavy (non-hydrogen) atoms. The number of halogens is 1. The minimum absolute atomic E-state index is 0.0924. The highest BCUT2D eigenvalue weighted by Gasteiger charge is 2.21. The van der Waals surface area contributed by atoms with Gasteiger partial charge in [0.1, 0.15) is 11.1 Å². The zero-order chi connectivity index (χ0) is 23.3. The molecule has 4 nitrogen and oxygen atoms in total. The first-order valence-corrected chi connectivity index (χ1v) is 12.1. The largest absolute Gasteiger partial charge is 0.480 e. The minimum atomic E-state index is -0.967. The lowest BCUT2D eigenvalue weighted by Gasteiger charge is -2.14. The fraction of sp³-hybridized carbons (Fsp3) is 0.481. The van der Waals surface area contributed by atoms with Gasteiger partial charge in [-0.05, 0) is 54.0 Å². The molecule has 0 aromatic heterocycles. The number of unbranched alkanes of at least 4 members (excludes halogenated alkanes) is 5. The molecule has 0 saturated carbocycles. The van der Waals surface area contributed by atoms with Crippen LogP contribution >= 0.6 is 11.6 Å². The predicted octanol–water partition coefficient (Wildman–Crippen LogP) is 7.27. The maximum Gasteiger partial charge on any atom is 0.321 e. The smallest absolute Gasteiger partial charge is 0.321 e. The molecule has 5 heteroatoms. The average Bonchev–Trinajstić information content (AvgIpc) is 2.80. The highest BCUT2D eigenvalue weighted by atomic mass is 35.5. The van der Waals surface area contributed by atoms with Crippen molar-refractivity contribution < 1.29 is 19.4 Å². The van der Waals surface area contributed by atoms with Crippen LogP contribution in [0.1, 0.15) is 70.8 Å². The monoisotopic (exact) mass is 458 g/mol. The van der Waals surface area contributed by atoms with Crippen LogP contribution in [0, 0.1) is 5.92 Å². The Labute approximate surface area is 196 Å². The van der Waals surface area contributed by atoms with Crippen molar-refractivity contribution in [2.75, 3.05) is 0 Å². The summed E-state index contributed by atoms with van der Waals surface area (Å²) in [6.07, 6.45) is 8.84. The standard InChI is InChI=1S/C27H35ClO4/c1-3-4-5-6-7-8-9-25(29)32-24-18-16-23(17-19-24)22-14-12-21(13-15-22)11-10-20(2)26(28)27(30)31/h12-20,26H,3-11H2,1-2H3,(H,30,31)/t20?,26-/m0/s1. The fourth-order valence-electron chi connectivity index (χ4n) is 3.60. The van der Waals surface area contributed by atoms with E-state index >= 15 is 0 Å². The summed E-state index contributed by atoms with van der Waals surface area (Å²) in [6.45, 7) is 4.06. The summed E-state index contributed by atoms with van der Waals surface area (Å²) in [7, 11) is 0. The number of benzene rings is 2. The first-order valence-electron chi connectivity index (χ1n) is 11.7. The average molecular weight is 459 g/mol. The van der Waals surface area contributed by atoms with Crippen LogP contribution < -0.4 is 4.74 Å². The number of carbonyl (C=O) groups excluding carboxylic acids is 1. The Bertz CT molecular complexity index is 830. The molecule has 0 aliphatic rings. The van der Waals surface area contributed by atoms with Crippen molar-refractivity contribution in [1.29, 1.82) is 0 Å². The number of esters is 1. The Kier molecular flexibility index (Phi) is 11.3. The number of carboxylic acid groups (broad SMARTS) is 1. The van der Waals surface area contributed by atoms with Crippen LogP contribution in [-0.2, 0) is 16.0 Å². The van der Waals surface area contributed by atoms with Crippen molar-refractivity contribution in [1.82, 2.24) is 0 Å². The van der Waals surface area contributed by atoms with E-state index in [0.717, 1.165) is 42.4 Å². The number of aliphatic carboxylic acids is 1. The second kappa shape index (κ2) is 13.9. The molecule has 0 fully saturated rings. The lowest BCUT2D eigenvalue weighted by molar-refractivity contribution is -0.137. The van der Waals surface area contributed by atoms with E-state index in [1.165, 1.54) is 25.7 Å². The molecule has 0 spiro atoms. The van der Waals surface area contributed by atoms with E-state index in [2.05, 4.69) is 31.2 Å². The van der Waals surface area contributed by atoms with Crippen LogP contribution in [0.3, 0.4) is 0 Å². The maximum atomic E-state index is 12.0. The number of aryl methyl sites for hydroxylation is 1. The first kappa shape index (κ1) is 25.9. The third kappa shape index (κ3) is 9.04. The molecule has 0 aliphatic carbocycles. The van der Waals surface area contributed by atoms with Gasteiger partial charge in [-0.25, -0.2) is 0 Å². The first-order chi connectivity index (χ1) is 15.4. The van der Waals surface area contributed by atoms with Gasteiger partial charge >= 0.3 is 11.9 Å². The second-order valence-corrected chi connectivity index (χ2v) is 8.94. The number of hydrogen-bond acceptors (Lipinski definition) is 3. The van der Waals surface area contributed by atoms with Gasteiger partial charge in [-0.1, -0.05) is 82.3 Å². The fourth-order valence-corrected chi connectivity index (χ4v) is 3.72. The van der Waals surface area contributed by atoms with E-state index in [1.54, 1.807) is 0 Å². The van der Waals surface area contributed by atoms with Gasteiger partial charge in [-0.2, -0.15) is 0 Å². The Hall–Kier alpha value is -2.33. The van der Waals surface area contributed by atoms with Gasteiger partial charge in [0.05, 0.1) is 0 Å². The Morgan fingerprint density at radius 2 is 1.47 bits per heavy atom. The molecule has 2 aromatic rings. The zero-order valence-electron chi connectivity index (χ0n) is 19.2. The third-order valence-corrected chi connectivity index (χ3v) is 6.35. The summed E-state index contributed by atoms with van der Waals surface area (Å²) in [5.74, 6) is -0.658. The summed E-state index contributed by atoms with van der Waals surface area (Å²) in [6, 6.07) is 15.8. The molecule has 0 heterocycles. The molecule has 2 aromatic carbocycles. The van der Waals surface area contributed by atoms with Crippen molar-refractivity contribution in [2.45, 2.75) is 77.0 Å². The summed E-state index contributed by atoms with van der Waals surface area (Å²) in [4.78, 5) is 23.0. The van der Waals surface area contributed by atoms with E-state index < -0.39 is 11.3 Å². The Morgan fingerprint density at radius 1 is 0.906 bits per heavy atom. The molecular formula is C27H35ClO4. The quantitative estimate of drug-likeness (QED) is 0.140. The highest BCUT2D eigenvalue weighted by molar-refractivity contribution is 6.29. The lowest BCUT2D eigenvalue weighted by atomic mass is 9.96. The molecule has 0 bridgehead atoms. The van der Waals surface area contributed by atoms with E-state index in [0.29, 0.717) is 12.2 Å². The number of ether oxygens (including phenoxy) is 1. The lowest BCUT2D eigenvalue weighted by Crippen LogP contribution is -2.22. The van der Waals surface area contributed by atoms with Crippen LogP contribution in [0.4, 0.5) is 0 Å². The van der Waals surface area contributed by atoms with Crippen LogP contribution in [0.2, 0.25) is 0 Å². The summed E-state index contributed by atoms with van der Waals surface area (Å²) in [5, 5.41) is 8.14. The highest BCUT2D eigenvalue weighted by Crippen LogP contribution is 2.24. The summed E-state index contributed by atoms with van der Waals surface area (Å²) >= 11 is 5.90. The van der Waals surface area contributed by atoms with Crippen molar-refractivity contribution in [3.05, 3.63) is 54.1 Å². The van der Waals surface area contributed by atoms with Gasteiger partial charge in [0, 0.05) is 6.42 Å². The SMILES string of the molecule is CCCCCCCCC(=O)Oc1ccc(-c2ccc(CCC(C)[C@H](Cl)C(=O)O)cc2)cc1. The van der Waals surface area contributed by atoms with Crippen molar-refractivity contribution in [2.24, 2.45) is 5.92 Å². The molecule has 1 N–H and O–H groups in total. The van der Waals surface area contributed by atoms with E-state index in [-0.39, 0.29) is 11.9 Å². The zero-order valence-corrected chi connectivity index (χ0v) is 19.9. The van der Waals surface area contributed by atoms with Crippen LogP contribution in [-0.4, -0.2) is 22.4 Å². The second-order valence-electron chi connectivity index (χ2n) is 8.47. The van der Waals surface area contributed by atoms with Gasteiger partial charge in [-0.15, -0.1) is 11.6 Å². The van der Waals surface area contributed by atoms with Gasteiger partial charge in [0.2, 0.25) is 0 Å². The normalized spacial score (nSPS) is 12.8. The van der Waals surface area contributed by atoms with Crippen LogP contribution in [0.25, 0.3) is 11.1 Å². The molecule has 0 amide bonds. The molecule has 1 unspecified atom stereocenters. The van der Waals surface area contributed by atoms with E-state index in [1.807, 2.05) is 31.2 Å². The molecule has 0 radical (unpaired) electrons. The topological polar surface area (TPSA) is 63.6 Å². The van der Waals surface area contributed by atoms with Crippen molar-refractivity contribution >= 4 is 23.5 Å². The maximum absolute atomic E-state index is 12.0. The van der Waals surface area contributed by atoms with Gasteiger partial charge in [0.15, 0.2) is 0 Å². The minimum Gasteiger partial charge on any atom is -0.480 e. The van der Waals surface area contributed by atoms with Crippen molar-refractivity contribution in [3.8, 4) is 16.9 Å². The Morgan fingerprint density at radius 3 is 2.06 bits per heavy atom. The molecule has 0 saturated heterocycles. The van der Waals surface area contributed by atoms with Crippen molar-refractivity contribution in [3.63, 3.8) is 0 Å². The number of rotatable bonds is 14. The third-order valence-electron chi connectivity index (χ3n) is 5.73. The van der Waals surface area contributed by atoms with Crippen LogP contribution in [0.15, 0.2) is 48.5 Å². The molecule has 2 rings (SSSR count). The van der Waals surface area contributed by atoms with Gasteiger partial charge in [-0.3, -0.25) is 9.59 Å². The Balaban J connectivity index is 1.79. The molecule has 174 valence electrons. The van der Waals surface area contributed by atoms with Gasteiger partial charge in [0.25, 0.3) is 0 Å².